The number of rotatable bonds is 4. The molecule has 1 fully saturated rings. The number of piperazine rings is 1. The molecule has 0 radical (unpaired) electrons. The summed E-state index contributed by atoms with van der Waals surface area (Å²) >= 11 is 0. The highest BCUT2D eigenvalue weighted by Crippen LogP contribution is 2.21. The molecular formula is C22H28N4O2. The Kier molecular flexibility index (Phi) is 5.88. The van der Waals surface area contributed by atoms with E-state index < -0.39 is 0 Å². The van der Waals surface area contributed by atoms with Crippen molar-refractivity contribution in [3.8, 4) is 0 Å². The Balaban J connectivity index is 1.23. The van der Waals surface area contributed by atoms with Crippen LogP contribution in [-0.2, 0) is 17.8 Å². The minimum Gasteiger partial charge on any atom is -0.371 e. The minimum atomic E-state index is 0.00703. The number of fused-ring (bicyclic) bond motifs is 1. The van der Waals surface area contributed by atoms with E-state index in [9.17, 15) is 4.79 Å². The second kappa shape index (κ2) is 8.71. The molecule has 6 heteroatoms. The Hall–Kier alpha value is -2.44. The largest absolute Gasteiger partial charge is 0.371 e. The fraction of sp³-hybridized carbons (Fsp3) is 0.455. The van der Waals surface area contributed by atoms with Crippen LogP contribution in [0.25, 0.3) is 0 Å². The summed E-state index contributed by atoms with van der Waals surface area (Å²) in [6.45, 7) is 6.54. The van der Waals surface area contributed by atoms with Crippen molar-refractivity contribution in [1.82, 2.24) is 20.1 Å². The van der Waals surface area contributed by atoms with Gasteiger partial charge in [0.1, 0.15) is 0 Å². The number of carbonyl (C=O) groups is 1. The highest BCUT2D eigenvalue weighted by Gasteiger charge is 2.26. The predicted octanol–water partition coefficient (Wildman–Crippen LogP) is 2.61. The minimum absolute atomic E-state index is 0.00703. The molecule has 1 aromatic carbocycles. The number of pyridine rings is 1. The molecule has 2 aromatic rings. The summed E-state index contributed by atoms with van der Waals surface area (Å²) in [6, 6.07) is 14.6. The van der Waals surface area contributed by atoms with E-state index in [1.54, 1.807) is 0 Å². The zero-order valence-electron chi connectivity index (χ0n) is 16.4. The van der Waals surface area contributed by atoms with Crippen molar-refractivity contribution in [3.05, 3.63) is 65.5 Å². The molecule has 1 N–H and O–H groups in total. The molecule has 1 saturated heterocycles. The fourth-order valence-electron chi connectivity index (χ4n) is 3.98. The van der Waals surface area contributed by atoms with Gasteiger partial charge in [0.15, 0.2) is 0 Å². The average molecular weight is 380 g/mol. The molecule has 3 heterocycles. The molecule has 0 aliphatic carbocycles. The van der Waals surface area contributed by atoms with Crippen molar-refractivity contribution in [1.29, 1.82) is 0 Å². The van der Waals surface area contributed by atoms with Crippen LogP contribution in [-0.4, -0.2) is 59.6 Å². The highest BCUT2D eigenvalue weighted by molar-refractivity contribution is 5.74. The molecule has 1 aromatic heterocycles. The van der Waals surface area contributed by atoms with Gasteiger partial charge in [0, 0.05) is 51.4 Å². The normalized spacial score (nSPS) is 21.0. The molecule has 4 rings (SSSR count). The molecule has 0 spiro atoms. The number of urea groups is 1. The first-order valence-corrected chi connectivity index (χ1v) is 10.1. The van der Waals surface area contributed by atoms with Crippen LogP contribution in [0.1, 0.15) is 29.8 Å². The van der Waals surface area contributed by atoms with Gasteiger partial charge in [-0.15, -0.1) is 0 Å². The van der Waals surface area contributed by atoms with Gasteiger partial charge in [-0.25, -0.2) is 4.79 Å². The van der Waals surface area contributed by atoms with Gasteiger partial charge in [-0.2, -0.15) is 0 Å². The second-order valence-electron chi connectivity index (χ2n) is 7.55. The summed E-state index contributed by atoms with van der Waals surface area (Å²) < 4.78 is 5.89. The van der Waals surface area contributed by atoms with Gasteiger partial charge >= 0.3 is 6.03 Å². The topological polar surface area (TPSA) is 57.7 Å². The van der Waals surface area contributed by atoms with Crippen molar-refractivity contribution in [2.75, 3.05) is 32.7 Å². The average Bonchev–Trinajstić information content (AvgIpc) is 2.77. The maximum absolute atomic E-state index is 12.6. The summed E-state index contributed by atoms with van der Waals surface area (Å²) in [5, 5.41) is 3.06. The molecule has 6 nitrogen and oxygen atoms in total. The summed E-state index contributed by atoms with van der Waals surface area (Å²) in [6.07, 6.45) is 2.73. The smallest absolute Gasteiger partial charge is 0.317 e. The van der Waals surface area contributed by atoms with Crippen LogP contribution in [0, 0.1) is 0 Å². The first-order chi connectivity index (χ1) is 13.7. The quantitative estimate of drug-likeness (QED) is 0.886. The lowest BCUT2D eigenvalue weighted by atomic mass is 9.99. The zero-order valence-corrected chi connectivity index (χ0v) is 16.4. The Labute approximate surface area is 166 Å². The Morgan fingerprint density at radius 1 is 1.14 bits per heavy atom. The van der Waals surface area contributed by atoms with Gasteiger partial charge in [0.25, 0.3) is 0 Å². The number of amides is 2. The van der Waals surface area contributed by atoms with Crippen LogP contribution >= 0.6 is 0 Å². The molecule has 2 atom stereocenters. The molecule has 0 bridgehead atoms. The lowest BCUT2D eigenvalue weighted by Crippen LogP contribution is -2.53. The first kappa shape index (κ1) is 18.9. The van der Waals surface area contributed by atoms with Crippen LogP contribution in [0.3, 0.4) is 0 Å². The van der Waals surface area contributed by atoms with Crippen molar-refractivity contribution in [2.45, 2.75) is 32.1 Å². The Morgan fingerprint density at radius 2 is 1.89 bits per heavy atom. The van der Waals surface area contributed by atoms with E-state index >= 15 is 0 Å². The van der Waals surface area contributed by atoms with Crippen molar-refractivity contribution in [3.63, 3.8) is 0 Å². The van der Waals surface area contributed by atoms with Crippen LogP contribution < -0.4 is 5.32 Å². The number of ether oxygens (including phenoxy) is 1. The van der Waals surface area contributed by atoms with E-state index in [0.29, 0.717) is 13.2 Å². The number of hydrogen-bond donors (Lipinski definition) is 1. The van der Waals surface area contributed by atoms with Crippen LogP contribution in [0.5, 0.6) is 0 Å². The molecule has 2 amide bonds. The van der Waals surface area contributed by atoms with Gasteiger partial charge < -0.3 is 15.0 Å². The lowest BCUT2D eigenvalue weighted by Gasteiger charge is -2.38. The van der Waals surface area contributed by atoms with E-state index in [2.05, 4.69) is 46.4 Å². The lowest BCUT2D eigenvalue weighted by molar-refractivity contribution is 0.0290. The van der Waals surface area contributed by atoms with Gasteiger partial charge in [0.2, 0.25) is 0 Å². The van der Waals surface area contributed by atoms with E-state index in [-0.39, 0.29) is 18.2 Å². The zero-order chi connectivity index (χ0) is 19.3. The number of nitrogens with one attached hydrogen (secondary N) is 1. The van der Waals surface area contributed by atoms with Crippen LogP contribution in [0.2, 0.25) is 0 Å². The van der Waals surface area contributed by atoms with E-state index in [1.165, 1.54) is 11.1 Å². The van der Waals surface area contributed by atoms with Crippen molar-refractivity contribution in [2.24, 2.45) is 0 Å². The third kappa shape index (κ3) is 4.34. The number of benzene rings is 1. The van der Waals surface area contributed by atoms with Gasteiger partial charge in [0.05, 0.1) is 18.4 Å². The molecule has 0 saturated carbocycles. The SMILES string of the molecule is CC(c1ccccn1)N1CCN(C(=O)NC[C@@H]2Cc3ccccc3CO2)CC1. The summed E-state index contributed by atoms with van der Waals surface area (Å²) in [4.78, 5) is 21.3. The van der Waals surface area contributed by atoms with E-state index in [0.717, 1.165) is 38.3 Å². The number of aromatic nitrogens is 1. The number of hydrogen-bond acceptors (Lipinski definition) is 4. The van der Waals surface area contributed by atoms with E-state index in [4.69, 9.17) is 4.74 Å². The maximum Gasteiger partial charge on any atom is 0.317 e. The molecule has 2 aliphatic rings. The summed E-state index contributed by atoms with van der Waals surface area (Å²) in [7, 11) is 0. The predicted molar refractivity (Wildman–Crippen MR) is 108 cm³/mol. The number of nitrogens with zero attached hydrogens (tertiary/aromatic N) is 3. The highest BCUT2D eigenvalue weighted by atomic mass is 16.5. The molecule has 148 valence electrons. The van der Waals surface area contributed by atoms with Crippen molar-refractivity contribution >= 4 is 6.03 Å². The fourth-order valence-corrected chi connectivity index (χ4v) is 3.98. The molecule has 28 heavy (non-hydrogen) atoms. The van der Waals surface area contributed by atoms with Crippen molar-refractivity contribution < 1.29 is 9.53 Å². The molecular weight excluding hydrogens is 352 g/mol. The Bertz CT molecular complexity index is 790. The second-order valence-corrected chi connectivity index (χ2v) is 7.55. The standard InChI is InChI=1S/C22H28N4O2/c1-17(21-8-4-5-9-23-21)25-10-12-26(13-11-25)22(27)24-15-20-14-18-6-2-3-7-19(18)16-28-20/h2-9,17,20H,10-16H2,1H3,(H,24,27)/t17?,20-/m0/s1. The first-order valence-electron chi connectivity index (χ1n) is 10.1. The van der Waals surface area contributed by atoms with Gasteiger partial charge in [-0.1, -0.05) is 30.3 Å². The molecule has 2 aliphatic heterocycles. The van der Waals surface area contributed by atoms with E-state index in [1.807, 2.05) is 29.3 Å². The van der Waals surface area contributed by atoms with Crippen LogP contribution in [0.4, 0.5) is 4.79 Å². The third-order valence-electron chi connectivity index (χ3n) is 5.79. The van der Waals surface area contributed by atoms with Gasteiger partial charge in [-0.3, -0.25) is 9.88 Å². The van der Waals surface area contributed by atoms with Crippen LogP contribution in [0.15, 0.2) is 48.7 Å². The summed E-state index contributed by atoms with van der Waals surface area (Å²) in [5.74, 6) is 0. The number of carbonyl (C=O) groups excluding carboxylic acids is 1. The molecule has 1 unspecified atom stereocenters. The Morgan fingerprint density at radius 3 is 2.64 bits per heavy atom. The maximum atomic E-state index is 12.6. The van der Waals surface area contributed by atoms with Gasteiger partial charge in [-0.05, 0) is 30.2 Å². The summed E-state index contributed by atoms with van der Waals surface area (Å²) in [5.41, 5.74) is 3.66. The third-order valence-corrected chi connectivity index (χ3v) is 5.79. The monoisotopic (exact) mass is 380 g/mol.